The second-order valence-electron chi connectivity index (χ2n) is 4.49. The van der Waals surface area contributed by atoms with E-state index in [1.165, 1.54) is 11.3 Å². The third-order valence-corrected chi connectivity index (χ3v) is 3.82. The molecule has 2 rings (SSSR count). The van der Waals surface area contributed by atoms with E-state index in [4.69, 9.17) is 9.47 Å². The number of thiazole rings is 1. The van der Waals surface area contributed by atoms with Gasteiger partial charge >= 0.3 is 5.97 Å². The summed E-state index contributed by atoms with van der Waals surface area (Å²) in [5.74, 6) is -0.356. The lowest BCUT2D eigenvalue weighted by atomic mass is 10.3. The van der Waals surface area contributed by atoms with Crippen molar-refractivity contribution in [2.45, 2.75) is 13.3 Å². The van der Waals surface area contributed by atoms with Crippen LogP contribution in [0.3, 0.4) is 0 Å². The summed E-state index contributed by atoms with van der Waals surface area (Å²) in [4.78, 5) is 18.1. The quantitative estimate of drug-likeness (QED) is 0.607. The van der Waals surface area contributed by atoms with Crippen LogP contribution >= 0.6 is 11.3 Å². The van der Waals surface area contributed by atoms with Gasteiger partial charge in [-0.1, -0.05) is 0 Å². The standard InChI is InChI=1S/C13H21N3O3S/c1-2-19-12(17)11-10-20-13(15-11)14-4-3-5-16-6-8-18-9-7-16/h10H,2-9H2,1H3,(H,14,15). The number of rotatable bonds is 7. The van der Waals surface area contributed by atoms with Gasteiger partial charge in [0.25, 0.3) is 0 Å². The minimum absolute atomic E-state index is 0.356. The van der Waals surface area contributed by atoms with Crippen molar-refractivity contribution in [1.29, 1.82) is 0 Å². The van der Waals surface area contributed by atoms with Gasteiger partial charge in [-0.15, -0.1) is 11.3 Å². The van der Waals surface area contributed by atoms with E-state index in [2.05, 4.69) is 15.2 Å². The lowest BCUT2D eigenvalue weighted by Gasteiger charge is -2.26. The fourth-order valence-corrected chi connectivity index (χ4v) is 2.69. The normalized spacial score (nSPS) is 16.1. The van der Waals surface area contributed by atoms with E-state index in [-0.39, 0.29) is 5.97 Å². The molecule has 1 N–H and O–H groups in total. The van der Waals surface area contributed by atoms with Crippen LogP contribution in [0.15, 0.2) is 5.38 Å². The molecule has 1 fully saturated rings. The van der Waals surface area contributed by atoms with Crippen molar-refractivity contribution < 1.29 is 14.3 Å². The van der Waals surface area contributed by atoms with E-state index >= 15 is 0 Å². The molecule has 0 bridgehead atoms. The Labute approximate surface area is 123 Å². The number of carbonyl (C=O) groups excluding carboxylic acids is 1. The van der Waals surface area contributed by atoms with Crippen molar-refractivity contribution in [3.63, 3.8) is 0 Å². The summed E-state index contributed by atoms with van der Waals surface area (Å²) < 4.78 is 10.2. The second-order valence-corrected chi connectivity index (χ2v) is 5.35. The van der Waals surface area contributed by atoms with Gasteiger partial charge in [0.2, 0.25) is 0 Å². The summed E-state index contributed by atoms with van der Waals surface area (Å²) in [5, 5.41) is 5.74. The van der Waals surface area contributed by atoms with Crippen molar-refractivity contribution >= 4 is 22.4 Å². The third kappa shape index (κ3) is 4.73. The predicted octanol–water partition coefficient (Wildman–Crippen LogP) is 1.45. The number of hydrogen-bond donors (Lipinski definition) is 1. The Morgan fingerprint density at radius 3 is 3.10 bits per heavy atom. The van der Waals surface area contributed by atoms with Crippen molar-refractivity contribution in [3.05, 3.63) is 11.1 Å². The van der Waals surface area contributed by atoms with Crippen LogP contribution in [0.1, 0.15) is 23.8 Å². The van der Waals surface area contributed by atoms with Crippen LogP contribution in [0.4, 0.5) is 5.13 Å². The van der Waals surface area contributed by atoms with Crippen molar-refractivity contribution in [2.75, 3.05) is 51.3 Å². The Hall–Kier alpha value is -1.18. The van der Waals surface area contributed by atoms with Crippen LogP contribution in [0.25, 0.3) is 0 Å². The number of esters is 1. The van der Waals surface area contributed by atoms with Crippen LogP contribution in [-0.4, -0.2) is 61.9 Å². The van der Waals surface area contributed by atoms with Crippen LogP contribution in [0.5, 0.6) is 0 Å². The molecule has 112 valence electrons. The molecule has 0 saturated carbocycles. The first-order chi connectivity index (χ1) is 9.79. The molecule has 0 atom stereocenters. The van der Waals surface area contributed by atoms with Crippen LogP contribution in [0, 0.1) is 0 Å². The molecule has 1 aliphatic heterocycles. The molecule has 0 amide bonds. The minimum atomic E-state index is -0.356. The zero-order valence-corrected chi connectivity index (χ0v) is 12.6. The number of aromatic nitrogens is 1. The molecule has 0 aliphatic carbocycles. The fourth-order valence-electron chi connectivity index (χ4n) is 1.98. The lowest BCUT2D eigenvalue weighted by molar-refractivity contribution is 0.0378. The maximum absolute atomic E-state index is 11.5. The maximum atomic E-state index is 11.5. The van der Waals surface area contributed by atoms with E-state index in [0.29, 0.717) is 12.3 Å². The first-order valence-corrected chi connectivity index (χ1v) is 7.84. The third-order valence-electron chi connectivity index (χ3n) is 3.02. The number of anilines is 1. The largest absolute Gasteiger partial charge is 0.461 e. The first-order valence-electron chi connectivity index (χ1n) is 6.96. The minimum Gasteiger partial charge on any atom is -0.461 e. The maximum Gasteiger partial charge on any atom is 0.357 e. The second kappa shape index (κ2) is 8.18. The number of hydrogen-bond acceptors (Lipinski definition) is 7. The number of ether oxygens (including phenoxy) is 2. The number of nitrogens with one attached hydrogen (secondary N) is 1. The number of carbonyl (C=O) groups is 1. The van der Waals surface area contributed by atoms with E-state index in [1.807, 2.05) is 0 Å². The van der Waals surface area contributed by atoms with E-state index in [9.17, 15) is 4.79 Å². The highest BCUT2D eigenvalue weighted by atomic mass is 32.1. The average Bonchev–Trinajstić information content (AvgIpc) is 2.94. The summed E-state index contributed by atoms with van der Waals surface area (Å²) in [6, 6.07) is 0. The van der Waals surface area contributed by atoms with Crippen LogP contribution < -0.4 is 5.32 Å². The highest BCUT2D eigenvalue weighted by Crippen LogP contribution is 2.16. The molecule has 20 heavy (non-hydrogen) atoms. The Morgan fingerprint density at radius 1 is 1.55 bits per heavy atom. The van der Waals surface area contributed by atoms with Gasteiger partial charge in [0, 0.05) is 25.0 Å². The molecule has 0 aromatic carbocycles. The van der Waals surface area contributed by atoms with Crippen molar-refractivity contribution in [2.24, 2.45) is 0 Å². The monoisotopic (exact) mass is 299 g/mol. The molecule has 1 aliphatic rings. The van der Waals surface area contributed by atoms with Gasteiger partial charge in [0.1, 0.15) is 0 Å². The molecule has 0 unspecified atom stereocenters. The molecule has 1 saturated heterocycles. The molecular formula is C13H21N3O3S. The molecule has 1 aromatic heterocycles. The smallest absolute Gasteiger partial charge is 0.357 e. The zero-order valence-electron chi connectivity index (χ0n) is 11.8. The van der Waals surface area contributed by atoms with Gasteiger partial charge in [-0.25, -0.2) is 9.78 Å². The topological polar surface area (TPSA) is 63.7 Å². The number of nitrogens with zero attached hydrogens (tertiary/aromatic N) is 2. The van der Waals surface area contributed by atoms with Gasteiger partial charge in [-0.3, -0.25) is 4.90 Å². The first kappa shape index (κ1) is 15.2. The summed E-state index contributed by atoms with van der Waals surface area (Å²) in [7, 11) is 0. The van der Waals surface area contributed by atoms with Gasteiger partial charge in [0.05, 0.1) is 19.8 Å². The average molecular weight is 299 g/mol. The van der Waals surface area contributed by atoms with Gasteiger partial charge in [-0.05, 0) is 19.9 Å². The molecule has 2 heterocycles. The summed E-state index contributed by atoms with van der Waals surface area (Å²) in [6.45, 7) is 7.79. The fraction of sp³-hybridized carbons (Fsp3) is 0.692. The van der Waals surface area contributed by atoms with E-state index in [1.54, 1.807) is 12.3 Å². The van der Waals surface area contributed by atoms with Gasteiger partial charge in [0.15, 0.2) is 10.8 Å². The molecule has 6 nitrogen and oxygen atoms in total. The van der Waals surface area contributed by atoms with E-state index < -0.39 is 0 Å². The van der Waals surface area contributed by atoms with Crippen LogP contribution in [-0.2, 0) is 9.47 Å². The zero-order chi connectivity index (χ0) is 14.2. The van der Waals surface area contributed by atoms with Crippen LogP contribution in [0.2, 0.25) is 0 Å². The molecule has 1 aromatic rings. The molecule has 7 heteroatoms. The Kier molecular flexibility index (Phi) is 6.23. The summed E-state index contributed by atoms with van der Waals surface area (Å²) in [5.41, 5.74) is 0.382. The molecular weight excluding hydrogens is 278 g/mol. The highest BCUT2D eigenvalue weighted by molar-refractivity contribution is 7.13. The predicted molar refractivity (Wildman–Crippen MR) is 78.4 cm³/mol. The Morgan fingerprint density at radius 2 is 2.35 bits per heavy atom. The van der Waals surface area contributed by atoms with Gasteiger partial charge in [-0.2, -0.15) is 0 Å². The Bertz CT molecular complexity index is 419. The van der Waals surface area contributed by atoms with E-state index in [0.717, 1.165) is 50.9 Å². The highest BCUT2D eigenvalue weighted by Gasteiger charge is 2.12. The summed E-state index contributed by atoms with van der Waals surface area (Å²) >= 11 is 1.43. The lowest BCUT2D eigenvalue weighted by Crippen LogP contribution is -2.37. The van der Waals surface area contributed by atoms with Crippen molar-refractivity contribution in [1.82, 2.24) is 9.88 Å². The Balaban J connectivity index is 1.65. The molecule has 0 radical (unpaired) electrons. The van der Waals surface area contributed by atoms with Gasteiger partial charge < -0.3 is 14.8 Å². The molecule has 0 spiro atoms. The van der Waals surface area contributed by atoms with Crippen molar-refractivity contribution in [3.8, 4) is 0 Å². The summed E-state index contributed by atoms with van der Waals surface area (Å²) in [6.07, 6.45) is 1.05. The SMILES string of the molecule is CCOC(=O)c1csc(NCCCN2CCOCC2)n1. The number of morpholine rings is 1.